The molecule has 1 aliphatic heterocycles. The fraction of sp³-hybridized carbons (Fsp3) is 0.846. The second-order valence-corrected chi connectivity index (χ2v) is 5.26. The van der Waals surface area contributed by atoms with Crippen LogP contribution in [-0.2, 0) is 4.79 Å². The first-order chi connectivity index (χ1) is 8.45. The summed E-state index contributed by atoms with van der Waals surface area (Å²) in [4.78, 5) is 26.0. The number of amides is 2. The van der Waals surface area contributed by atoms with E-state index < -0.39 is 5.97 Å². The number of likely N-dealkylation sites (tertiary alicyclic amines) is 1. The summed E-state index contributed by atoms with van der Waals surface area (Å²) < 4.78 is 0. The summed E-state index contributed by atoms with van der Waals surface area (Å²) in [5.74, 6) is 0.384. The minimum atomic E-state index is -0.956. The van der Waals surface area contributed by atoms with Gasteiger partial charge in [-0.3, -0.25) is 4.79 Å². The van der Waals surface area contributed by atoms with Gasteiger partial charge in [0.1, 0.15) is 6.54 Å². The lowest BCUT2D eigenvalue weighted by atomic mass is 9.87. The first-order valence-electron chi connectivity index (χ1n) is 6.71. The van der Waals surface area contributed by atoms with Gasteiger partial charge in [0.15, 0.2) is 0 Å². The van der Waals surface area contributed by atoms with E-state index in [4.69, 9.17) is 5.11 Å². The highest BCUT2D eigenvalue weighted by Gasteiger charge is 2.27. The van der Waals surface area contributed by atoms with Gasteiger partial charge < -0.3 is 14.9 Å². The molecule has 0 radical (unpaired) electrons. The van der Waals surface area contributed by atoms with E-state index in [-0.39, 0.29) is 12.6 Å². The third kappa shape index (κ3) is 3.89. The molecule has 0 aromatic heterocycles. The SMILES string of the molecule is CCN(CC(=O)O)C(=O)N1CCC(C(C)C)CC1. The predicted molar refractivity (Wildman–Crippen MR) is 69.4 cm³/mol. The number of urea groups is 1. The van der Waals surface area contributed by atoms with Gasteiger partial charge in [-0.2, -0.15) is 0 Å². The lowest BCUT2D eigenvalue weighted by molar-refractivity contribution is -0.137. The number of nitrogens with zero attached hydrogens (tertiary/aromatic N) is 2. The van der Waals surface area contributed by atoms with E-state index in [1.807, 2.05) is 6.92 Å². The number of hydrogen-bond donors (Lipinski definition) is 1. The number of carbonyl (C=O) groups excluding carboxylic acids is 1. The highest BCUT2D eigenvalue weighted by Crippen LogP contribution is 2.24. The number of carboxylic acid groups (broad SMARTS) is 1. The minimum Gasteiger partial charge on any atom is -0.480 e. The van der Waals surface area contributed by atoms with Crippen molar-refractivity contribution >= 4 is 12.0 Å². The molecular weight excluding hydrogens is 232 g/mol. The third-order valence-corrected chi connectivity index (χ3v) is 3.73. The zero-order valence-corrected chi connectivity index (χ0v) is 11.6. The van der Waals surface area contributed by atoms with Crippen LogP contribution in [0.3, 0.4) is 0 Å². The molecule has 1 aliphatic rings. The Morgan fingerprint density at radius 2 is 1.89 bits per heavy atom. The van der Waals surface area contributed by atoms with E-state index >= 15 is 0 Å². The third-order valence-electron chi connectivity index (χ3n) is 3.73. The Morgan fingerprint density at radius 3 is 2.28 bits per heavy atom. The Hall–Kier alpha value is -1.26. The first kappa shape index (κ1) is 14.8. The summed E-state index contributed by atoms with van der Waals surface area (Å²) in [6, 6.07) is -0.137. The van der Waals surface area contributed by atoms with E-state index in [2.05, 4.69) is 13.8 Å². The van der Waals surface area contributed by atoms with Gasteiger partial charge in [-0.15, -0.1) is 0 Å². The number of rotatable bonds is 4. The van der Waals surface area contributed by atoms with Crippen LogP contribution in [0.2, 0.25) is 0 Å². The lowest BCUT2D eigenvalue weighted by Gasteiger charge is -2.36. The zero-order valence-electron chi connectivity index (χ0n) is 11.6. The van der Waals surface area contributed by atoms with Crippen molar-refractivity contribution in [2.45, 2.75) is 33.6 Å². The van der Waals surface area contributed by atoms with Crippen molar-refractivity contribution < 1.29 is 14.7 Å². The molecule has 5 heteroatoms. The fourth-order valence-corrected chi connectivity index (χ4v) is 2.44. The van der Waals surface area contributed by atoms with Crippen molar-refractivity contribution in [1.29, 1.82) is 0 Å². The van der Waals surface area contributed by atoms with Gasteiger partial charge in [-0.05, 0) is 31.6 Å². The molecule has 18 heavy (non-hydrogen) atoms. The van der Waals surface area contributed by atoms with Gasteiger partial charge in [0, 0.05) is 19.6 Å². The topological polar surface area (TPSA) is 60.9 Å². The molecule has 1 N–H and O–H groups in total. The number of carboxylic acids is 1. The minimum absolute atomic E-state index is 0.137. The smallest absolute Gasteiger partial charge is 0.323 e. The molecular formula is C13H24N2O3. The molecule has 2 amide bonds. The van der Waals surface area contributed by atoms with Crippen LogP contribution in [-0.4, -0.2) is 53.1 Å². The molecule has 0 spiro atoms. The van der Waals surface area contributed by atoms with Crippen molar-refractivity contribution in [3.8, 4) is 0 Å². The van der Waals surface area contributed by atoms with Gasteiger partial charge in [-0.25, -0.2) is 4.79 Å². The number of carbonyl (C=O) groups is 2. The zero-order chi connectivity index (χ0) is 13.7. The van der Waals surface area contributed by atoms with Crippen molar-refractivity contribution in [2.24, 2.45) is 11.8 Å². The average Bonchev–Trinajstić information content (AvgIpc) is 2.35. The molecule has 5 nitrogen and oxygen atoms in total. The van der Waals surface area contributed by atoms with Crippen LogP contribution < -0.4 is 0 Å². The van der Waals surface area contributed by atoms with Crippen LogP contribution in [0, 0.1) is 11.8 Å². The lowest BCUT2D eigenvalue weighted by Crippen LogP contribution is -2.48. The van der Waals surface area contributed by atoms with Crippen LogP contribution >= 0.6 is 0 Å². The molecule has 0 saturated carbocycles. The van der Waals surface area contributed by atoms with E-state index in [0.29, 0.717) is 18.4 Å². The van der Waals surface area contributed by atoms with E-state index in [1.165, 1.54) is 4.90 Å². The van der Waals surface area contributed by atoms with Crippen molar-refractivity contribution in [2.75, 3.05) is 26.2 Å². The van der Waals surface area contributed by atoms with Crippen LogP contribution in [0.4, 0.5) is 4.79 Å². The number of likely N-dealkylation sites (N-methyl/N-ethyl adjacent to an activating group) is 1. The van der Waals surface area contributed by atoms with Gasteiger partial charge in [0.05, 0.1) is 0 Å². The average molecular weight is 256 g/mol. The van der Waals surface area contributed by atoms with Crippen LogP contribution in [0.25, 0.3) is 0 Å². The second kappa shape index (κ2) is 6.61. The Balaban J connectivity index is 2.50. The number of piperidine rings is 1. The number of aliphatic carboxylic acids is 1. The predicted octanol–water partition coefficient (Wildman–Crippen LogP) is 1.88. The van der Waals surface area contributed by atoms with Gasteiger partial charge >= 0.3 is 12.0 Å². The maximum atomic E-state index is 12.1. The summed E-state index contributed by atoms with van der Waals surface area (Å²) in [5.41, 5.74) is 0. The molecule has 0 aliphatic carbocycles. The standard InChI is InChI=1S/C13H24N2O3/c1-4-14(9-12(16)17)13(18)15-7-5-11(6-8-15)10(2)3/h10-11H,4-9H2,1-3H3,(H,16,17). The molecule has 0 aromatic rings. The molecule has 0 atom stereocenters. The van der Waals surface area contributed by atoms with Crippen molar-refractivity contribution in [3.63, 3.8) is 0 Å². The van der Waals surface area contributed by atoms with Crippen molar-refractivity contribution in [3.05, 3.63) is 0 Å². The molecule has 1 heterocycles. The van der Waals surface area contributed by atoms with Gasteiger partial charge in [0.25, 0.3) is 0 Å². The molecule has 0 aromatic carbocycles. The van der Waals surface area contributed by atoms with Gasteiger partial charge in [-0.1, -0.05) is 13.8 Å². The maximum Gasteiger partial charge on any atom is 0.323 e. The molecule has 1 fully saturated rings. The molecule has 0 unspecified atom stereocenters. The Labute approximate surface area is 109 Å². The van der Waals surface area contributed by atoms with Crippen LogP contribution in [0.5, 0.6) is 0 Å². The highest BCUT2D eigenvalue weighted by molar-refractivity contribution is 5.80. The molecule has 104 valence electrons. The summed E-state index contributed by atoms with van der Waals surface area (Å²) in [6.45, 7) is 7.96. The first-order valence-corrected chi connectivity index (χ1v) is 6.71. The second-order valence-electron chi connectivity index (χ2n) is 5.26. The number of hydrogen-bond acceptors (Lipinski definition) is 2. The van der Waals surface area contributed by atoms with E-state index in [0.717, 1.165) is 25.9 Å². The van der Waals surface area contributed by atoms with E-state index in [9.17, 15) is 9.59 Å². The Bertz CT molecular complexity index is 297. The largest absolute Gasteiger partial charge is 0.480 e. The van der Waals surface area contributed by atoms with E-state index in [1.54, 1.807) is 4.90 Å². The highest BCUT2D eigenvalue weighted by atomic mass is 16.4. The molecule has 0 bridgehead atoms. The normalized spacial score (nSPS) is 17.0. The summed E-state index contributed by atoms with van der Waals surface area (Å²) >= 11 is 0. The summed E-state index contributed by atoms with van der Waals surface area (Å²) in [7, 11) is 0. The molecule has 1 saturated heterocycles. The van der Waals surface area contributed by atoms with Gasteiger partial charge in [0.2, 0.25) is 0 Å². The maximum absolute atomic E-state index is 12.1. The van der Waals surface area contributed by atoms with Crippen LogP contribution in [0.1, 0.15) is 33.6 Å². The Morgan fingerprint density at radius 1 is 1.33 bits per heavy atom. The summed E-state index contributed by atoms with van der Waals surface area (Å²) in [5, 5.41) is 8.76. The quantitative estimate of drug-likeness (QED) is 0.835. The van der Waals surface area contributed by atoms with Crippen LogP contribution in [0.15, 0.2) is 0 Å². The Kier molecular flexibility index (Phi) is 5.44. The molecule has 1 rings (SSSR count). The fourth-order valence-electron chi connectivity index (χ4n) is 2.44. The van der Waals surface area contributed by atoms with Crippen molar-refractivity contribution in [1.82, 2.24) is 9.80 Å². The monoisotopic (exact) mass is 256 g/mol. The summed E-state index contributed by atoms with van der Waals surface area (Å²) in [6.07, 6.45) is 2.04.